The van der Waals surface area contributed by atoms with Crippen molar-refractivity contribution in [1.29, 1.82) is 0 Å². The van der Waals surface area contributed by atoms with Crippen LogP contribution in [0.2, 0.25) is 0 Å². The van der Waals surface area contributed by atoms with Crippen LogP contribution in [0.4, 0.5) is 0 Å². The first kappa shape index (κ1) is 23.0. The van der Waals surface area contributed by atoms with Crippen LogP contribution in [-0.2, 0) is 12.8 Å². The van der Waals surface area contributed by atoms with E-state index in [1.165, 1.54) is 100 Å². The molecular weight excluding hydrogens is 362 g/mol. The molecule has 1 saturated carbocycles. The van der Waals surface area contributed by atoms with Gasteiger partial charge < -0.3 is 0 Å². The summed E-state index contributed by atoms with van der Waals surface area (Å²) in [5, 5.41) is 0. The number of rotatable bonds is 12. The summed E-state index contributed by atoms with van der Waals surface area (Å²) in [5.74, 6) is 1.98. The Morgan fingerprint density at radius 1 is 0.667 bits per heavy atom. The molecule has 1 aromatic heterocycles. The summed E-state index contributed by atoms with van der Waals surface area (Å²) in [6.07, 6.45) is 21.4. The van der Waals surface area contributed by atoms with Gasteiger partial charge in [0.1, 0.15) is 0 Å². The van der Waals surface area contributed by atoms with Crippen LogP contribution in [-0.4, -0.2) is 4.98 Å². The van der Waals surface area contributed by atoms with Crippen molar-refractivity contribution in [2.45, 2.75) is 104 Å². The third-order valence-electron chi connectivity index (χ3n) is 7.17. The van der Waals surface area contributed by atoms with Gasteiger partial charge in [0.25, 0.3) is 0 Å². The number of aromatic nitrogens is 1. The maximum absolute atomic E-state index is 4.69. The SMILES string of the molecule is CCCCCC[C@H]1CC[C@H](CCc2ccc(-c3ccc(CCCC)cn3)cc2)CC1. The van der Waals surface area contributed by atoms with Gasteiger partial charge in [-0.05, 0) is 54.7 Å². The normalized spacial score (nSPS) is 19.1. The molecule has 0 unspecified atom stereocenters. The van der Waals surface area contributed by atoms with Crippen LogP contribution < -0.4 is 0 Å². The molecule has 0 bridgehead atoms. The molecule has 164 valence electrons. The highest BCUT2D eigenvalue weighted by Gasteiger charge is 2.20. The number of pyridine rings is 1. The van der Waals surface area contributed by atoms with E-state index in [9.17, 15) is 0 Å². The predicted octanol–water partition coefficient (Wildman–Crippen LogP) is 8.80. The molecule has 1 aromatic carbocycles. The van der Waals surface area contributed by atoms with Gasteiger partial charge in [0.15, 0.2) is 0 Å². The molecule has 30 heavy (non-hydrogen) atoms. The minimum absolute atomic E-state index is 0.953. The van der Waals surface area contributed by atoms with Crippen LogP contribution in [0.1, 0.15) is 102 Å². The molecule has 1 heteroatoms. The van der Waals surface area contributed by atoms with Gasteiger partial charge in [-0.2, -0.15) is 0 Å². The average Bonchev–Trinajstić information content (AvgIpc) is 2.81. The zero-order chi connectivity index (χ0) is 21.0. The number of nitrogens with zero attached hydrogens (tertiary/aromatic N) is 1. The highest BCUT2D eigenvalue weighted by molar-refractivity contribution is 5.59. The second-order valence-corrected chi connectivity index (χ2v) is 9.63. The molecule has 0 amide bonds. The molecular formula is C29H43N. The summed E-state index contributed by atoms with van der Waals surface area (Å²) in [5.41, 5.74) is 5.18. The Kier molecular flexibility index (Phi) is 9.93. The van der Waals surface area contributed by atoms with Crippen LogP contribution in [0, 0.1) is 11.8 Å². The first-order chi connectivity index (χ1) is 14.8. The largest absolute Gasteiger partial charge is 0.256 e. The van der Waals surface area contributed by atoms with Gasteiger partial charge in [0.05, 0.1) is 5.69 Å². The van der Waals surface area contributed by atoms with Gasteiger partial charge in [-0.3, -0.25) is 4.98 Å². The molecule has 1 nitrogen and oxygen atoms in total. The van der Waals surface area contributed by atoms with Crippen molar-refractivity contribution >= 4 is 0 Å². The van der Waals surface area contributed by atoms with E-state index < -0.39 is 0 Å². The molecule has 0 aliphatic heterocycles. The standard InChI is InChI=1S/C29H43N/c1-3-5-7-8-10-24-11-13-25(14-12-24)15-16-26-17-20-28(21-18-26)29-22-19-27(23-30-29)9-6-4-2/h17-25H,3-16H2,1-2H3/t24-,25-. The molecule has 0 saturated heterocycles. The lowest BCUT2D eigenvalue weighted by atomic mass is 9.77. The lowest BCUT2D eigenvalue weighted by Crippen LogP contribution is -2.15. The zero-order valence-electron chi connectivity index (χ0n) is 19.5. The van der Waals surface area contributed by atoms with Crippen molar-refractivity contribution in [2.75, 3.05) is 0 Å². The smallest absolute Gasteiger partial charge is 0.0702 e. The van der Waals surface area contributed by atoms with Crippen molar-refractivity contribution in [3.05, 3.63) is 53.7 Å². The fourth-order valence-corrected chi connectivity index (χ4v) is 5.01. The minimum atomic E-state index is 0.953. The summed E-state index contributed by atoms with van der Waals surface area (Å²) in [4.78, 5) is 4.69. The Morgan fingerprint density at radius 3 is 1.97 bits per heavy atom. The van der Waals surface area contributed by atoms with Gasteiger partial charge in [-0.25, -0.2) is 0 Å². The second kappa shape index (κ2) is 12.9. The van der Waals surface area contributed by atoms with E-state index in [2.05, 4.69) is 61.4 Å². The fourth-order valence-electron chi connectivity index (χ4n) is 5.01. The molecule has 1 heterocycles. The fraction of sp³-hybridized carbons (Fsp3) is 0.621. The molecule has 1 aliphatic carbocycles. The Morgan fingerprint density at radius 2 is 1.33 bits per heavy atom. The van der Waals surface area contributed by atoms with Gasteiger partial charge in [-0.15, -0.1) is 0 Å². The van der Waals surface area contributed by atoms with Crippen LogP contribution in [0.25, 0.3) is 11.3 Å². The second-order valence-electron chi connectivity index (χ2n) is 9.63. The molecule has 1 fully saturated rings. The van der Waals surface area contributed by atoms with E-state index in [4.69, 9.17) is 0 Å². The van der Waals surface area contributed by atoms with Crippen molar-refractivity contribution in [1.82, 2.24) is 4.98 Å². The van der Waals surface area contributed by atoms with Crippen LogP contribution >= 0.6 is 0 Å². The van der Waals surface area contributed by atoms with Gasteiger partial charge in [0, 0.05) is 11.8 Å². The summed E-state index contributed by atoms with van der Waals surface area (Å²) < 4.78 is 0. The van der Waals surface area contributed by atoms with E-state index in [0.29, 0.717) is 0 Å². The maximum Gasteiger partial charge on any atom is 0.0702 e. The lowest BCUT2D eigenvalue weighted by Gasteiger charge is -2.28. The Bertz CT molecular complexity index is 692. The van der Waals surface area contributed by atoms with Crippen molar-refractivity contribution in [2.24, 2.45) is 11.8 Å². The van der Waals surface area contributed by atoms with Gasteiger partial charge in [-0.1, -0.05) is 108 Å². The number of benzene rings is 1. The third-order valence-corrected chi connectivity index (χ3v) is 7.17. The molecule has 0 N–H and O–H groups in total. The summed E-state index contributed by atoms with van der Waals surface area (Å²) >= 11 is 0. The molecule has 3 rings (SSSR count). The van der Waals surface area contributed by atoms with E-state index in [-0.39, 0.29) is 0 Å². The van der Waals surface area contributed by atoms with Crippen molar-refractivity contribution < 1.29 is 0 Å². The average molecular weight is 406 g/mol. The first-order valence-electron chi connectivity index (χ1n) is 12.8. The van der Waals surface area contributed by atoms with E-state index in [0.717, 1.165) is 24.0 Å². The van der Waals surface area contributed by atoms with E-state index >= 15 is 0 Å². The van der Waals surface area contributed by atoms with Crippen LogP contribution in [0.15, 0.2) is 42.6 Å². The monoisotopic (exact) mass is 405 g/mol. The van der Waals surface area contributed by atoms with Gasteiger partial charge >= 0.3 is 0 Å². The summed E-state index contributed by atoms with van der Waals surface area (Å²) in [7, 11) is 0. The lowest BCUT2D eigenvalue weighted by molar-refractivity contribution is 0.249. The Hall–Kier alpha value is -1.63. The van der Waals surface area contributed by atoms with E-state index in [1.54, 1.807) is 0 Å². The molecule has 0 spiro atoms. The summed E-state index contributed by atoms with van der Waals surface area (Å²) in [6.45, 7) is 4.55. The molecule has 0 radical (unpaired) electrons. The maximum atomic E-state index is 4.69. The van der Waals surface area contributed by atoms with Crippen LogP contribution in [0.5, 0.6) is 0 Å². The Labute approximate surface area is 185 Å². The van der Waals surface area contributed by atoms with Gasteiger partial charge in [0.2, 0.25) is 0 Å². The molecule has 2 aromatic rings. The number of aryl methyl sites for hydroxylation is 2. The number of hydrogen-bond donors (Lipinski definition) is 0. The highest BCUT2D eigenvalue weighted by atomic mass is 14.7. The minimum Gasteiger partial charge on any atom is -0.256 e. The van der Waals surface area contributed by atoms with Crippen LogP contribution in [0.3, 0.4) is 0 Å². The first-order valence-corrected chi connectivity index (χ1v) is 12.8. The van der Waals surface area contributed by atoms with Crippen molar-refractivity contribution in [3.63, 3.8) is 0 Å². The predicted molar refractivity (Wildman–Crippen MR) is 131 cm³/mol. The zero-order valence-corrected chi connectivity index (χ0v) is 19.5. The summed E-state index contributed by atoms with van der Waals surface area (Å²) in [6, 6.07) is 13.6. The number of unbranched alkanes of at least 4 members (excludes halogenated alkanes) is 4. The highest BCUT2D eigenvalue weighted by Crippen LogP contribution is 2.34. The topological polar surface area (TPSA) is 12.9 Å². The number of hydrogen-bond acceptors (Lipinski definition) is 1. The molecule has 0 atom stereocenters. The third kappa shape index (κ3) is 7.56. The Balaban J connectivity index is 1.39. The molecule has 1 aliphatic rings. The quantitative estimate of drug-likeness (QED) is 0.321. The van der Waals surface area contributed by atoms with Crippen molar-refractivity contribution in [3.8, 4) is 11.3 Å². The van der Waals surface area contributed by atoms with E-state index in [1.807, 2.05) is 0 Å².